The number of halogens is 1. The second-order valence-corrected chi connectivity index (χ2v) is 11.4. The van der Waals surface area contributed by atoms with Crippen LogP contribution in [0.2, 0.25) is 0 Å². The largest absolute Gasteiger partial charge is 0.496 e. The Bertz CT molecular complexity index is 1780. The van der Waals surface area contributed by atoms with Gasteiger partial charge in [-0.05, 0) is 58.8 Å². The molecular weight excluding hydrogens is 618 g/mol. The number of Topliss-reactive ketones (excluding diaryl/α,β-unsaturated/α-hetero) is 2. The van der Waals surface area contributed by atoms with Crippen molar-refractivity contribution in [3.63, 3.8) is 0 Å². The van der Waals surface area contributed by atoms with Crippen molar-refractivity contribution in [3.8, 4) is 5.75 Å². The van der Waals surface area contributed by atoms with Gasteiger partial charge in [-0.25, -0.2) is 4.90 Å². The molecule has 2 amide bonds. The van der Waals surface area contributed by atoms with Gasteiger partial charge < -0.3 is 9.64 Å². The molecule has 6 rings (SSSR count). The van der Waals surface area contributed by atoms with Crippen molar-refractivity contribution >= 4 is 50.7 Å². The molecule has 0 unspecified atom stereocenters. The first kappa shape index (κ1) is 28.2. The second kappa shape index (κ2) is 10.7. The van der Waals surface area contributed by atoms with Crippen molar-refractivity contribution in [2.24, 2.45) is 11.8 Å². The Labute approximate surface area is 254 Å². The van der Waals surface area contributed by atoms with E-state index in [4.69, 9.17) is 4.74 Å². The number of carbonyl (C=O) groups is 4. The normalized spacial score (nSPS) is 22.3. The Kier molecular flexibility index (Phi) is 7.05. The van der Waals surface area contributed by atoms with Crippen LogP contribution in [0.15, 0.2) is 95.1 Å². The summed E-state index contributed by atoms with van der Waals surface area (Å²) in [5.74, 6) is -3.25. The van der Waals surface area contributed by atoms with Crippen molar-refractivity contribution in [2.75, 3.05) is 12.0 Å². The van der Waals surface area contributed by atoms with Crippen LogP contribution >= 0.6 is 15.9 Å². The van der Waals surface area contributed by atoms with Crippen LogP contribution < -0.4 is 9.64 Å². The lowest BCUT2D eigenvalue weighted by Crippen LogP contribution is -2.46. The number of nitro benzene ring substituents is 1. The average molecular weight is 642 g/mol. The highest BCUT2D eigenvalue weighted by atomic mass is 79.9. The van der Waals surface area contributed by atoms with Gasteiger partial charge in [0.15, 0.2) is 11.6 Å². The summed E-state index contributed by atoms with van der Waals surface area (Å²) in [5.41, 5.74) is 1.54. The fourth-order valence-electron chi connectivity index (χ4n) is 6.19. The van der Waals surface area contributed by atoms with Crippen molar-refractivity contribution in [1.82, 2.24) is 4.90 Å². The molecule has 3 heterocycles. The molecule has 3 aromatic carbocycles. The number of hydrogen-bond donors (Lipinski definition) is 0. The smallest absolute Gasteiger partial charge is 0.269 e. The van der Waals surface area contributed by atoms with Crippen LogP contribution in [0.3, 0.4) is 0 Å². The number of anilines is 1. The van der Waals surface area contributed by atoms with E-state index in [1.54, 1.807) is 78.7 Å². The van der Waals surface area contributed by atoms with Crippen LogP contribution in [0.25, 0.3) is 0 Å². The first-order valence-corrected chi connectivity index (χ1v) is 14.2. The number of allylic oxidation sites excluding steroid dienone is 2. The third-order valence-corrected chi connectivity index (χ3v) is 8.80. The molecule has 0 bridgehead atoms. The number of non-ortho nitro benzene ring substituents is 1. The maximum atomic E-state index is 14.1. The van der Waals surface area contributed by atoms with Crippen molar-refractivity contribution in [1.29, 1.82) is 0 Å². The van der Waals surface area contributed by atoms with E-state index in [0.717, 1.165) is 4.90 Å². The van der Waals surface area contributed by atoms with E-state index in [1.807, 2.05) is 0 Å². The van der Waals surface area contributed by atoms with Gasteiger partial charge in [-0.2, -0.15) is 0 Å². The van der Waals surface area contributed by atoms with Crippen LogP contribution in [0.5, 0.6) is 5.75 Å². The molecule has 0 spiro atoms. The molecule has 0 N–H and O–H groups in total. The molecule has 43 heavy (non-hydrogen) atoms. The van der Waals surface area contributed by atoms with Gasteiger partial charge in [0.05, 0.1) is 40.1 Å². The molecule has 2 fully saturated rings. The predicted octanol–water partition coefficient (Wildman–Crippen LogP) is 5.05. The minimum absolute atomic E-state index is 0.172. The van der Waals surface area contributed by atoms with Gasteiger partial charge in [-0.3, -0.25) is 29.3 Å². The van der Waals surface area contributed by atoms with E-state index in [1.165, 1.54) is 25.3 Å². The third kappa shape index (κ3) is 4.56. The summed E-state index contributed by atoms with van der Waals surface area (Å²) in [7, 11) is 1.50. The van der Waals surface area contributed by atoms with E-state index in [2.05, 4.69) is 15.9 Å². The zero-order valence-corrected chi connectivity index (χ0v) is 24.6. The Morgan fingerprint density at radius 2 is 1.67 bits per heavy atom. The van der Waals surface area contributed by atoms with Gasteiger partial charge in [-0.1, -0.05) is 36.4 Å². The standard InChI is InChI=1S/C32H24BrN3O7/c1-17-14-21(36(41)42)9-10-23(17)35-31(39)26-24-16-20(29(37)18-6-4-3-5-7-18)12-13-34(24)28(27(26)32(35)40)30(38)19-8-11-25(43-2)22(33)15-19/h3-16,24,26-28H,1-2H3/t24-,26-,27+,28-/m0/s1. The van der Waals surface area contributed by atoms with Gasteiger partial charge in [0.1, 0.15) is 11.8 Å². The van der Waals surface area contributed by atoms with Crippen molar-refractivity contribution in [2.45, 2.75) is 19.0 Å². The van der Waals surface area contributed by atoms with Gasteiger partial charge in [-0.15, -0.1) is 0 Å². The molecule has 2 saturated heterocycles. The number of imide groups is 1. The molecule has 11 heteroatoms. The van der Waals surface area contributed by atoms with Crippen LogP contribution in [-0.4, -0.2) is 52.4 Å². The molecule has 0 aromatic heterocycles. The van der Waals surface area contributed by atoms with E-state index < -0.39 is 40.7 Å². The molecular formula is C32H24BrN3O7. The first-order valence-electron chi connectivity index (χ1n) is 13.4. The van der Waals surface area contributed by atoms with E-state index >= 15 is 0 Å². The number of amides is 2. The summed E-state index contributed by atoms with van der Waals surface area (Å²) >= 11 is 3.41. The van der Waals surface area contributed by atoms with Crippen LogP contribution in [0, 0.1) is 28.9 Å². The highest BCUT2D eigenvalue weighted by Gasteiger charge is 2.63. The molecule has 216 valence electrons. The summed E-state index contributed by atoms with van der Waals surface area (Å²) in [5, 5.41) is 11.3. The topological polar surface area (TPSA) is 127 Å². The third-order valence-electron chi connectivity index (χ3n) is 8.18. The number of ketones is 2. The Morgan fingerprint density at radius 1 is 0.953 bits per heavy atom. The lowest BCUT2D eigenvalue weighted by atomic mass is 9.85. The van der Waals surface area contributed by atoms with E-state index in [-0.39, 0.29) is 22.9 Å². The van der Waals surface area contributed by atoms with Gasteiger partial charge in [0.25, 0.3) is 5.69 Å². The van der Waals surface area contributed by atoms with Crippen LogP contribution in [0.4, 0.5) is 11.4 Å². The molecule has 3 aliphatic rings. The Balaban J connectivity index is 1.44. The van der Waals surface area contributed by atoms with Gasteiger partial charge in [0, 0.05) is 35.0 Å². The van der Waals surface area contributed by atoms with E-state index in [0.29, 0.717) is 32.5 Å². The highest BCUT2D eigenvalue weighted by Crippen LogP contribution is 2.48. The summed E-state index contributed by atoms with van der Waals surface area (Å²) in [6, 6.07) is 15.6. The maximum absolute atomic E-state index is 14.1. The number of rotatable bonds is 7. The van der Waals surface area contributed by atoms with Crippen LogP contribution in [0.1, 0.15) is 26.3 Å². The quantitative estimate of drug-likeness (QED) is 0.152. The van der Waals surface area contributed by atoms with Gasteiger partial charge in [0.2, 0.25) is 11.8 Å². The highest BCUT2D eigenvalue weighted by molar-refractivity contribution is 9.10. The van der Waals surface area contributed by atoms with Crippen molar-refractivity contribution < 1.29 is 28.8 Å². The van der Waals surface area contributed by atoms with Crippen molar-refractivity contribution in [3.05, 3.63) is 122 Å². The lowest BCUT2D eigenvalue weighted by molar-refractivity contribution is -0.384. The average Bonchev–Trinajstić information content (AvgIpc) is 3.48. The Hall–Kier alpha value is -4.90. The molecule has 3 aromatic rings. The van der Waals surface area contributed by atoms with E-state index in [9.17, 15) is 29.3 Å². The van der Waals surface area contributed by atoms with Crippen LogP contribution in [-0.2, 0) is 9.59 Å². The maximum Gasteiger partial charge on any atom is 0.269 e. The first-order chi connectivity index (χ1) is 20.6. The summed E-state index contributed by atoms with van der Waals surface area (Å²) < 4.78 is 5.84. The molecule has 0 radical (unpaired) electrons. The summed E-state index contributed by atoms with van der Waals surface area (Å²) in [6.45, 7) is 1.58. The number of ether oxygens (including phenoxy) is 1. The fraction of sp³-hybridized carbons (Fsp3) is 0.188. The number of nitrogens with zero attached hydrogens (tertiary/aromatic N) is 3. The Morgan fingerprint density at radius 3 is 2.33 bits per heavy atom. The predicted molar refractivity (Wildman–Crippen MR) is 160 cm³/mol. The molecule has 0 aliphatic carbocycles. The number of methoxy groups -OCH3 is 1. The number of nitro groups is 1. The fourth-order valence-corrected chi connectivity index (χ4v) is 6.73. The summed E-state index contributed by atoms with van der Waals surface area (Å²) in [6.07, 6.45) is 4.87. The minimum atomic E-state index is -1.06. The molecule has 4 atom stereocenters. The zero-order valence-electron chi connectivity index (χ0n) is 23.0. The molecule has 10 nitrogen and oxygen atoms in total. The number of benzene rings is 3. The monoisotopic (exact) mass is 641 g/mol. The molecule has 3 aliphatic heterocycles. The zero-order chi connectivity index (χ0) is 30.6. The summed E-state index contributed by atoms with van der Waals surface area (Å²) in [4.78, 5) is 69.1. The van der Waals surface area contributed by atoms with Gasteiger partial charge >= 0.3 is 0 Å². The SMILES string of the molecule is COc1ccc(C(=O)[C@@H]2[C@@H]3C(=O)N(c4ccc([N+](=O)[O-])cc4C)C(=O)[C@H]3[C@@H]3C=C(C(=O)c4ccccc4)C=CN23)cc1Br. The number of carbonyl (C=O) groups excluding carboxylic acids is 4. The molecule has 0 saturated carbocycles. The lowest BCUT2D eigenvalue weighted by Gasteiger charge is -2.33. The minimum Gasteiger partial charge on any atom is -0.496 e. The second-order valence-electron chi connectivity index (χ2n) is 10.5. The number of aryl methyl sites for hydroxylation is 1. The number of hydrogen-bond acceptors (Lipinski definition) is 8. The number of fused-ring (bicyclic) bond motifs is 3.